The molecule has 0 saturated heterocycles. The highest BCUT2D eigenvalue weighted by atomic mass is 16.5. The van der Waals surface area contributed by atoms with Crippen LogP contribution in [-0.4, -0.2) is 13.0 Å². The van der Waals surface area contributed by atoms with E-state index >= 15 is 0 Å². The number of hydrogen-bond acceptors (Lipinski definition) is 3. The smallest absolute Gasteiger partial charge is 0.287 e. The van der Waals surface area contributed by atoms with E-state index in [2.05, 4.69) is 4.74 Å². The molecule has 0 aliphatic rings. The van der Waals surface area contributed by atoms with Gasteiger partial charge in [-0.15, -0.1) is 0 Å². The minimum Gasteiger partial charge on any atom is -0.474 e. The van der Waals surface area contributed by atoms with Crippen LogP contribution in [0.4, 0.5) is 0 Å². The van der Waals surface area contributed by atoms with Crippen molar-refractivity contribution in [3.05, 3.63) is 0 Å². The minimum absolute atomic E-state index is 0.352. The molecule has 0 aromatic heterocycles. The standard InChI is InChI=1S/C3H4N2O/c1-6-3(5)2-4/h5H,1H3. The van der Waals surface area contributed by atoms with Crippen LogP contribution in [0, 0.1) is 16.7 Å². The fraction of sp³-hybridized carbons (Fsp3) is 0.333. The lowest BCUT2D eigenvalue weighted by atomic mass is 10.8. The molecule has 3 heteroatoms. The zero-order valence-electron chi connectivity index (χ0n) is 3.36. The van der Waals surface area contributed by atoms with Gasteiger partial charge in [-0.2, -0.15) is 5.26 Å². The van der Waals surface area contributed by atoms with Crippen molar-refractivity contribution in [3.63, 3.8) is 0 Å². The number of ether oxygens (including phenoxy) is 1. The largest absolute Gasteiger partial charge is 0.474 e. The number of rotatable bonds is 0. The fourth-order valence-electron chi connectivity index (χ4n) is 0.0456. The zero-order chi connectivity index (χ0) is 4.99. The van der Waals surface area contributed by atoms with Crippen molar-refractivity contribution in [1.82, 2.24) is 0 Å². The lowest BCUT2D eigenvalue weighted by molar-refractivity contribution is 0.405. The first kappa shape index (κ1) is 4.96. The van der Waals surface area contributed by atoms with Crippen molar-refractivity contribution >= 4 is 5.90 Å². The van der Waals surface area contributed by atoms with Gasteiger partial charge in [0.2, 0.25) is 0 Å². The number of nitrogens with one attached hydrogen (secondary N) is 1. The summed E-state index contributed by atoms with van der Waals surface area (Å²) >= 11 is 0. The number of methoxy groups -OCH3 is 1. The molecule has 0 radical (unpaired) electrons. The molecule has 0 aromatic rings. The maximum Gasteiger partial charge on any atom is 0.287 e. The second kappa shape index (κ2) is 2.21. The van der Waals surface area contributed by atoms with E-state index in [1.807, 2.05) is 0 Å². The van der Waals surface area contributed by atoms with Crippen LogP contribution in [0.3, 0.4) is 0 Å². The predicted molar refractivity (Wildman–Crippen MR) is 20.3 cm³/mol. The Hall–Kier alpha value is -1.04. The van der Waals surface area contributed by atoms with Gasteiger partial charge in [0.15, 0.2) is 6.07 Å². The molecule has 0 fully saturated rings. The van der Waals surface area contributed by atoms with Crippen LogP contribution < -0.4 is 0 Å². The molecule has 0 rings (SSSR count). The molecule has 0 heterocycles. The van der Waals surface area contributed by atoms with Gasteiger partial charge in [-0.3, -0.25) is 5.41 Å². The second-order valence-corrected chi connectivity index (χ2v) is 0.645. The fourth-order valence-corrected chi connectivity index (χ4v) is 0.0456. The Morgan fingerprint density at radius 1 is 2.00 bits per heavy atom. The van der Waals surface area contributed by atoms with E-state index in [0.29, 0.717) is 0 Å². The third-order valence-corrected chi connectivity index (χ3v) is 0.306. The minimum atomic E-state index is -0.352. The average molecular weight is 84.1 g/mol. The molecule has 0 spiro atoms. The third-order valence-electron chi connectivity index (χ3n) is 0.306. The Labute approximate surface area is 35.7 Å². The molecule has 0 aromatic carbocycles. The molecular weight excluding hydrogens is 80.0 g/mol. The summed E-state index contributed by atoms with van der Waals surface area (Å²) in [5, 5.41) is 14.1. The highest BCUT2D eigenvalue weighted by Crippen LogP contribution is 1.63. The molecule has 3 nitrogen and oxygen atoms in total. The lowest BCUT2D eigenvalue weighted by Crippen LogP contribution is -1.91. The Morgan fingerprint density at radius 3 is 2.50 bits per heavy atom. The summed E-state index contributed by atoms with van der Waals surface area (Å²) in [5.74, 6) is -0.352. The second-order valence-electron chi connectivity index (χ2n) is 0.645. The summed E-state index contributed by atoms with van der Waals surface area (Å²) in [6.45, 7) is 0. The van der Waals surface area contributed by atoms with Gasteiger partial charge in [0.05, 0.1) is 7.11 Å². The predicted octanol–water partition coefficient (Wildman–Crippen LogP) is 0.134. The summed E-state index contributed by atoms with van der Waals surface area (Å²) in [5.41, 5.74) is 0. The highest BCUT2D eigenvalue weighted by molar-refractivity contribution is 5.88. The van der Waals surface area contributed by atoms with Gasteiger partial charge < -0.3 is 4.74 Å². The first-order valence-electron chi connectivity index (χ1n) is 1.34. The van der Waals surface area contributed by atoms with Gasteiger partial charge in [0.25, 0.3) is 5.90 Å². The number of hydrogen-bond donors (Lipinski definition) is 1. The van der Waals surface area contributed by atoms with E-state index in [4.69, 9.17) is 10.7 Å². The number of nitrogens with zero attached hydrogens (tertiary/aromatic N) is 1. The zero-order valence-corrected chi connectivity index (χ0v) is 3.36. The molecular formula is C3H4N2O. The highest BCUT2D eigenvalue weighted by Gasteiger charge is 1.80. The molecule has 0 atom stereocenters. The Balaban J connectivity index is 3.33. The molecule has 32 valence electrons. The Morgan fingerprint density at radius 2 is 2.50 bits per heavy atom. The molecule has 0 aliphatic carbocycles. The molecule has 0 unspecified atom stereocenters. The van der Waals surface area contributed by atoms with E-state index < -0.39 is 0 Å². The maximum atomic E-state index is 7.74. The molecule has 0 amide bonds. The van der Waals surface area contributed by atoms with Crippen LogP contribution in [0.25, 0.3) is 0 Å². The van der Waals surface area contributed by atoms with Crippen molar-refractivity contribution in [1.29, 1.82) is 10.7 Å². The SMILES string of the molecule is COC(=N)C#N. The van der Waals surface area contributed by atoms with Crippen molar-refractivity contribution < 1.29 is 4.74 Å². The van der Waals surface area contributed by atoms with Crippen LogP contribution >= 0.6 is 0 Å². The average Bonchev–Trinajstić information content (AvgIpc) is 1.65. The van der Waals surface area contributed by atoms with E-state index in [9.17, 15) is 0 Å². The van der Waals surface area contributed by atoms with Crippen LogP contribution in [0.1, 0.15) is 0 Å². The molecule has 0 saturated carbocycles. The summed E-state index contributed by atoms with van der Waals surface area (Å²) < 4.78 is 4.12. The van der Waals surface area contributed by atoms with Crippen LogP contribution in [0.2, 0.25) is 0 Å². The van der Waals surface area contributed by atoms with Gasteiger partial charge in [-0.05, 0) is 0 Å². The van der Waals surface area contributed by atoms with Gasteiger partial charge in [-0.1, -0.05) is 0 Å². The monoisotopic (exact) mass is 84.0 g/mol. The topological polar surface area (TPSA) is 56.9 Å². The van der Waals surface area contributed by atoms with E-state index in [-0.39, 0.29) is 5.90 Å². The van der Waals surface area contributed by atoms with Crippen molar-refractivity contribution in [3.8, 4) is 6.07 Å². The van der Waals surface area contributed by atoms with Crippen LogP contribution in [-0.2, 0) is 4.74 Å². The maximum absolute atomic E-state index is 7.74. The van der Waals surface area contributed by atoms with Crippen LogP contribution in [0.15, 0.2) is 0 Å². The summed E-state index contributed by atoms with van der Waals surface area (Å²) in [6, 6.07) is 1.48. The number of nitriles is 1. The van der Waals surface area contributed by atoms with E-state index in [1.165, 1.54) is 13.2 Å². The lowest BCUT2D eigenvalue weighted by Gasteiger charge is -1.82. The Bertz CT molecular complexity index is 91.5. The quantitative estimate of drug-likeness (QED) is 0.335. The van der Waals surface area contributed by atoms with Crippen molar-refractivity contribution in [2.75, 3.05) is 7.11 Å². The van der Waals surface area contributed by atoms with Gasteiger partial charge >= 0.3 is 0 Å². The van der Waals surface area contributed by atoms with E-state index in [0.717, 1.165) is 0 Å². The Kier molecular flexibility index (Phi) is 1.83. The summed E-state index contributed by atoms with van der Waals surface area (Å²) in [4.78, 5) is 0. The van der Waals surface area contributed by atoms with E-state index in [1.54, 1.807) is 0 Å². The van der Waals surface area contributed by atoms with Gasteiger partial charge in [0, 0.05) is 0 Å². The first-order valence-corrected chi connectivity index (χ1v) is 1.34. The van der Waals surface area contributed by atoms with Gasteiger partial charge in [0.1, 0.15) is 0 Å². The third kappa shape index (κ3) is 1.30. The van der Waals surface area contributed by atoms with Crippen molar-refractivity contribution in [2.45, 2.75) is 0 Å². The molecule has 1 N–H and O–H groups in total. The van der Waals surface area contributed by atoms with Crippen molar-refractivity contribution in [2.24, 2.45) is 0 Å². The molecule has 0 aliphatic heterocycles. The summed E-state index contributed by atoms with van der Waals surface area (Å²) in [7, 11) is 1.28. The first-order chi connectivity index (χ1) is 2.81. The normalized spacial score (nSPS) is 6.00. The molecule has 0 bridgehead atoms. The van der Waals surface area contributed by atoms with Crippen LogP contribution in [0.5, 0.6) is 0 Å². The van der Waals surface area contributed by atoms with Gasteiger partial charge in [-0.25, -0.2) is 0 Å². The molecule has 6 heavy (non-hydrogen) atoms. The summed E-state index contributed by atoms with van der Waals surface area (Å²) in [6.07, 6.45) is 0.